The Kier molecular flexibility index (Phi) is 3.55. The van der Waals surface area contributed by atoms with E-state index in [0.717, 1.165) is 17.0 Å². The number of nitro groups is 1. The number of ether oxygens (including phenoxy) is 1. The zero-order valence-corrected chi connectivity index (χ0v) is 10.2. The van der Waals surface area contributed by atoms with E-state index in [1.54, 1.807) is 0 Å². The van der Waals surface area contributed by atoms with Gasteiger partial charge in [-0.3, -0.25) is 10.1 Å². The maximum absolute atomic E-state index is 13.8. The maximum Gasteiger partial charge on any atom is 0.433 e. The highest BCUT2D eigenvalue weighted by atomic mass is 19.4. The van der Waals surface area contributed by atoms with Gasteiger partial charge in [-0.05, 0) is 13.0 Å². The molecular weight excluding hydrogens is 284 g/mol. The molecule has 0 amide bonds. The van der Waals surface area contributed by atoms with Gasteiger partial charge in [0.15, 0.2) is 5.82 Å². The smallest absolute Gasteiger partial charge is 0.348 e. The van der Waals surface area contributed by atoms with Gasteiger partial charge in [0.25, 0.3) is 5.69 Å². The van der Waals surface area contributed by atoms with Crippen LogP contribution in [0.3, 0.4) is 0 Å². The Morgan fingerprint density at radius 2 is 2.10 bits per heavy atom. The molecule has 2 atom stereocenters. The van der Waals surface area contributed by atoms with E-state index in [2.05, 4.69) is 4.74 Å². The van der Waals surface area contributed by atoms with Gasteiger partial charge in [0.2, 0.25) is 6.23 Å². The third-order valence-electron chi connectivity index (χ3n) is 2.92. The number of hydrogen-bond donors (Lipinski definition) is 0. The summed E-state index contributed by atoms with van der Waals surface area (Å²) < 4.78 is 56.9. The van der Waals surface area contributed by atoms with Crippen LogP contribution in [0, 0.1) is 15.9 Å². The van der Waals surface area contributed by atoms with Crippen LogP contribution >= 0.6 is 0 Å². The Balaban J connectivity index is 2.41. The molecule has 1 fully saturated rings. The predicted octanol–water partition coefficient (Wildman–Crippen LogP) is 2.85. The lowest BCUT2D eigenvalue weighted by atomic mass is 10.2. The van der Waals surface area contributed by atoms with Gasteiger partial charge < -0.3 is 9.64 Å². The Morgan fingerprint density at radius 1 is 1.45 bits per heavy atom. The largest absolute Gasteiger partial charge is 0.433 e. The zero-order valence-electron chi connectivity index (χ0n) is 10.2. The predicted molar refractivity (Wildman–Crippen MR) is 60.8 cm³/mol. The highest BCUT2D eigenvalue weighted by molar-refractivity contribution is 5.54. The van der Waals surface area contributed by atoms with Crippen molar-refractivity contribution in [2.75, 3.05) is 11.5 Å². The van der Waals surface area contributed by atoms with Gasteiger partial charge in [0.05, 0.1) is 29.3 Å². The Hall–Kier alpha value is -1.90. The molecule has 1 heterocycles. The normalized spacial score (nSPS) is 23.1. The fraction of sp³-hybridized carbons (Fsp3) is 0.455. The first-order valence-electron chi connectivity index (χ1n) is 5.62. The van der Waals surface area contributed by atoms with Crippen molar-refractivity contribution < 1.29 is 27.2 Å². The number of anilines is 1. The first kappa shape index (κ1) is 14.5. The monoisotopic (exact) mass is 294 g/mol. The van der Waals surface area contributed by atoms with E-state index in [0.29, 0.717) is 6.07 Å². The Bertz CT molecular complexity index is 535. The number of benzene rings is 1. The van der Waals surface area contributed by atoms with Crippen LogP contribution in [0.4, 0.5) is 28.9 Å². The van der Waals surface area contributed by atoms with E-state index >= 15 is 0 Å². The second-order valence-corrected chi connectivity index (χ2v) is 4.38. The molecule has 0 aromatic heterocycles. The van der Waals surface area contributed by atoms with Gasteiger partial charge in [-0.1, -0.05) is 0 Å². The number of hydrogen-bond acceptors (Lipinski definition) is 4. The molecule has 0 unspecified atom stereocenters. The van der Waals surface area contributed by atoms with E-state index in [1.807, 2.05) is 0 Å². The fourth-order valence-corrected chi connectivity index (χ4v) is 2.06. The van der Waals surface area contributed by atoms with Gasteiger partial charge >= 0.3 is 6.18 Å². The van der Waals surface area contributed by atoms with Crippen LogP contribution in [-0.2, 0) is 4.74 Å². The Morgan fingerprint density at radius 3 is 2.60 bits per heavy atom. The van der Waals surface area contributed by atoms with Crippen molar-refractivity contribution in [3.63, 3.8) is 0 Å². The second kappa shape index (κ2) is 4.89. The second-order valence-electron chi connectivity index (χ2n) is 4.38. The number of alkyl halides is 3. The van der Waals surface area contributed by atoms with Gasteiger partial charge in [-0.25, -0.2) is 4.39 Å². The molecule has 1 aliphatic heterocycles. The molecule has 1 aliphatic rings. The fourth-order valence-electron chi connectivity index (χ4n) is 2.06. The number of nitrogens with zero attached hydrogens (tertiary/aromatic N) is 2. The minimum atomic E-state index is -4.68. The van der Waals surface area contributed by atoms with Crippen molar-refractivity contribution in [2.45, 2.75) is 25.4 Å². The summed E-state index contributed by atoms with van der Waals surface area (Å²) in [6.45, 7) is 1.24. The van der Waals surface area contributed by atoms with Crippen LogP contribution in [0.15, 0.2) is 18.2 Å². The van der Waals surface area contributed by atoms with E-state index in [4.69, 9.17) is 0 Å². The topological polar surface area (TPSA) is 55.6 Å². The molecule has 2 rings (SSSR count). The van der Waals surface area contributed by atoms with E-state index in [-0.39, 0.29) is 12.3 Å². The molecule has 5 nitrogen and oxygen atoms in total. The molecule has 0 saturated carbocycles. The average Bonchev–Trinajstić information content (AvgIpc) is 2.70. The van der Waals surface area contributed by atoms with Crippen LogP contribution in [0.1, 0.15) is 6.92 Å². The summed E-state index contributed by atoms with van der Waals surface area (Å²) in [5, 5.41) is 10.5. The average molecular weight is 294 g/mol. The van der Waals surface area contributed by atoms with Crippen molar-refractivity contribution in [3.8, 4) is 0 Å². The molecule has 9 heteroatoms. The third kappa shape index (κ3) is 2.53. The van der Waals surface area contributed by atoms with Crippen molar-refractivity contribution in [2.24, 2.45) is 0 Å². The highest BCUT2D eigenvalue weighted by Gasteiger charge is 2.50. The molecule has 0 radical (unpaired) electrons. The van der Waals surface area contributed by atoms with Gasteiger partial charge in [-0.15, -0.1) is 0 Å². The summed E-state index contributed by atoms with van der Waals surface area (Å²) >= 11 is 0. The molecule has 1 aromatic carbocycles. The standard InChI is InChI=1S/C11H10F4N2O3/c1-6-5-20-10(11(13,14)15)16(6)9-3-2-7(17(18)19)4-8(9)12/h2-4,6,10H,5H2,1H3/t6-,10-/m1/s1. The molecule has 1 aromatic rings. The van der Waals surface area contributed by atoms with Crippen LogP contribution in [-0.4, -0.2) is 30.0 Å². The number of halogens is 4. The van der Waals surface area contributed by atoms with Crippen LogP contribution in [0.25, 0.3) is 0 Å². The van der Waals surface area contributed by atoms with Gasteiger partial charge in [-0.2, -0.15) is 13.2 Å². The minimum Gasteiger partial charge on any atom is -0.348 e. The Labute approximate surface area is 110 Å². The molecule has 1 saturated heterocycles. The molecule has 0 N–H and O–H groups in total. The van der Waals surface area contributed by atoms with Crippen LogP contribution in [0.2, 0.25) is 0 Å². The molecule has 110 valence electrons. The van der Waals surface area contributed by atoms with Gasteiger partial charge in [0, 0.05) is 6.07 Å². The molecule has 20 heavy (non-hydrogen) atoms. The molecule has 0 spiro atoms. The zero-order chi connectivity index (χ0) is 15.1. The van der Waals surface area contributed by atoms with E-state index < -0.39 is 34.9 Å². The summed E-state index contributed by atoms with van der Waals surface area (Å²) in [6.07, 6.45) is -6.94. The lowest BCUT2D eigenvalue weighted by molar-refractivity contribution is -0.385. The SMILES string of the molecule is C[C@@H]1CO[C@H](C(F)(F)F)N1c1ccc([N+](=O)[O-])cc1F. The van der Waals surface area contributed by atoms with Crippen molar-refractivity contribution in [1.82, 2.24) is 0 Å². The summed E-state index contributed by atoms with van der Waals surface area (Å²) in [7, 11) is 0. The summed E-state index contributed by atoms with van der Waals surface area (Å²) in [4.78, 5) is 10.4. The minimum absolute atomic E-state index is 0.208. The van der Waals surface area contributed by atoms with Crippen molar-refractivity contribution in [1.29, 1.82) is 0 Å². The number of nitro benzene ring substituents is 1. The van der Waals surface area contributed by atoms with Crippen molar-refractivity contribution >= 4 is 11.4 Å². The summed E-state index contributed by atoms with van der Waals surface area (Å²) in [5.41, 5.74) is -0.898. The molecular formula is C11H10F4N2O3. The van der Waals surface area contributed by atoms with Crippen molar-refractivity contribution in [3.05, 3.63) is 34.1 Å². The highest BCUT2D eigenvalue weighted by Crippen LogP contribution is 2.37. The first-order valence-corrected chi connectivity index (χ1v) is 5.62. The van der Waals surface area contributed by atoms with E-state index in [1.165, 1.54) is 6.92 Å². The lowest BCUT2D eigenvalue weighted by Gasteiger charge is -2.29. The number of rotatable bonds is 2. The molecule has 0 aliphatic carbocycles. The van der Waals surface area contributed by atoms with Gasteiger partial charge in [0.1, 0.15) is 0 Å². The molecule has 0 bridgehead atoms. The first-order chi connectivity index (χ1) is 9.21. The van der Waals surface area contributed by atoms with E-state index in [9.17, 15) is 27.7 Å². The quantitative estimate of drug-likeness (QED) is 0.478. The lowest BCUT2D eigenvalue weighted by Crippen LogP contribution is -2.45. The summed E-state index contributed by atoms with van der Waals surface area (Å²) in [6, 6.07) is 1.81. The van der Waals surface area contributed by atoms with Crippen LogP contribution < -0.4 is 4.90 Å². The maximum atomic E-state index is 13.8. The number of non-ortho nitro benzene ring substituents is 1. The third-order valence-corrected chi connectivity index (χ3v) is 2.92. The summed E-state index contributed by atoms with van der Waals surface area (Å²) in [5.74, 6) is -1.09. The van der Waals surface area contributed by atoms with Crippen LogP contribution in [0.5, 0.6) is 0 Å².